The van der Waals surface area contributed by atoms with Crippen LogP contribution in [-0.4, -0.2) is 91.6 Å². The molecule has 6 atom stereocenters. The van der Waals surface area contributed by atoms with Crippen molar-refractivity contribution in [2.45, 2.75) is 76.0 Å². The Labute approximate surface area is 141 Å². The first-order chi connectivity index (χ1) is 11.3. The maximum Gasteiger partial charge on any atom is 0.254 e. The molecule has 8 heteroatoms. The van der Waals surface area contributed by atoms with Gasteiger partial charge in [-0.05, 0) is 32.6 Å². The number of carbonyl (C=O) groups excluding carboxylic acids is 2. The van der Waals surface area contributed by atoms with E-state index in [9.17, 15) is 30.0 Å². The zero-order valence-corrected chi connectivity index (χ0v) is 14.2. The quantitative estimate of drug-likeness (QED) is 0.444. The van der Waals surface area contributed by atoms with E-state index in [2.05, 4.69) is 0 Å². The summed E-state index contributed by atoms with van der Waals surface area (Å²) in [6.45, 7) is 4.12. The van der Waals surface area contributed by atoms with Crippen molar-refractivity contribution in [3.8, 4) is 0 Å². The van der Waals surface area contributed by atoms with Gasteiger partial charge in [0.05, 0.1) is 13.1 Å². The molecule has 0 radical (unpaired) electrons. The molecule has 0 bridgehead atoms. The van der Waals surface area contributed by atoms with Crippen LogP contribution in [0, 0.1) is 0 Å². The van der Waals surface area contributed by atoms with Crippen LogP contribution in [-0.2, 0) is 9.59 Å². The van der Waals surface area contributed by atoms with Crippen molar-refractivity contribution in [3.63, 3.8) is 0 Å². The van der Waals surface area contributed by atoms with E-state index >= 15 is 0 Å². The van der Waals surface area contributed by atoms with Crippen LogP contribution in [0.15, 0.2) is 0 Å². The number of aliphatic hydroxyl groups is 4. The molecule has 138 valence electrons. The van der Waals surface area contributed by atoms with Gasteiger partial charge in [-0.15, -0.1) is 0 Å². The molecule has 0 aromatic heterocycles. The number of aliphatic hydroxyl groups excluding tert-OH is 4. The second-order valence-corrected chi connectivity index (χ2v) is 6.85. The Balaban J connectivity index is 1.82. The molecule has 8 nitrogen and oxygen atoms in total. The lowest BCUT2D eigenvalue weighted by molar-refractivity contribution is -0.137. The molecule has 0 saturated carbocycles. The Bertz CT molecular complexity index is 473. The molecule has 0 aliphatic carbocycles. The average molecular weight is 344 g/mol. The van der Waals surface area contributed by atoms with Crippen LogP contribution >= 0.6 is 0 Å². The normalized spacial score (nSPS) is 33.4. The van der Waals surface area contributed by atoms with E-state index in [1.165, 1.54) is 9.80 Å². The van der Waals surface area contributed by atoms with Crippen LogP contribution < -0.4 is 0 Å². The summed E-state index contributed by atoms with van der Waals surface area (Å²) in [6.07, 6.45) is -1.85. The number of nitrogens with zero attached hydrogens (tertiary/aromatic N) is 2. The fourth-order valence-corrected chi connectivity index (χ4v) is 3.56. The van der Waals surface area contributed by atoms with Gasteiger partial charge in [-0.1, -0.05) is 6.92 Å². The first-order valence-corrected chi connectivity index (χ1v) is 8.61. The molecule has 0 unspecified atom stereocenters. The molecule has 0 aromatic rings. The lowest BCUT2D eigenvalue weighted by Crippen LogP contribution is -2.39. The van der Waals surface area contributed by atoms with Crippen molar-refractivity contribution in [3.05, 3.63) is 0 Å². The highest BCUT2D eigenvalue weighted by atomic mass is 16.3. The summed E-state index contributed by atoms with van der Waals surface area (Å²) >= 11 is 0. The van der Waals surface area contributed by atoms with Gasteiger partial charge in [-0.2, -0.15) is 0 Å². The minimum absolute atomic E-state index is 0.0537. The van der Waals surface area contributed by atoms with Gasteiger partial charge in [-0.25, -0.2) is 0 Å². The zero-order valence-electron chi connectivity index (χ0n) is 14.2. The first kappa shape index (κ1) is 19.1. The standard InChI is InChI=1S/C16H28N2O6/c1-3-10(18-8-12(20)14(22)16(18)24)6-4-5-9(2)17-7-11(19)13(21)15(17)23/h9-14,19-22H,3-8H2,1-2H3/t9-,10+,11-,12-,13-,14-/m1/s1. The van der Waals surface area contributed by atoms with Crippen LogP contribution in [0.5, 0.6) is 0 Å². The monoisotopic (exact) mass is 344 g/mol. The van der Waals surface area contributed by atoms with Crippen molar-refractivity contribution < 1.29 is 30.0 Å². The Morgan fingerprint density at radius 1 is 0.958 bits per heavy atom. The van der Waals surface area contributed by atoms with Gasteiger partial charge in [0.25, 0.3) is 11.8 Å². The Kier molecular flexibility index (Phi) is 6.19. The highest BCUT2D eigenvalue weighted by Gasteiger charge is 2.41. The van der Waals surface area contributed by atoms with Crippen molar-refractivity contribution in [1.29, 1.82) is 0 Å². The first-order valence-electron chi connectivity index (χ1n) is 8.61. The summed E-state index contributed by atoms with van der Waals surface area (Å²) in [4.78, 5) is 26.8. The molecule has 2 aliphatic heterocycles. The van der Waals surface area contributed by atoms with E-state index in [0.29, 0.717) is 12.8 Å². The molecule has 2 fully saturated rings. The fraction of sp³-hybridized carbons (Fsp3) is 0.875. The smallest absolute Gasteiger partial charge is 0.254 e. The van der Waals surface area contributed by atoms with E-state index in [0.717, 1.165) is 12.8 Å². The largest absolute Gasteiger partial charge is 0.388 e. The van der Waals surface area contributed by atoms with E-state index in [1.54, 1.807) is 0 Å². The Morgan fingerprint density at radius 2 is 1.46 bits per heavy atom. The molecule has 2 amide bonds. The maximum absolute atomic E-state index is 11.9. The number of rotatable bonds is 7. The fourth-order valence-electron chi connectivity index (χ4n) is 3.56. The number of hydrogen-bond donors (Lipinski definition) is 4. The number of β-amino-alcohol motifs (C(OH)–C–C–N with tert-alkyl or cyclic N) is 2. The summed E-state index contributed by atoms with van der Waals surface area (Å²) in [7, 11) is 0. The van der Waals surface area contributed by atoms with Crippen molar-refractivity contribution in [2.75, 3.05) is 13.1 Å². The molecule has 2 saturated heterocycles. The van der Waals surface area contributed by atoms with Crippen molar-refractivity contribution >= 4 is 11.8 Å². The molecule has 4 N–H and O–H groups in total. The third-order valence-corrected chi connectivity index (χ3v) is 5.17. The van der Waals surface area contributed by atoms with Crippen molar-refractivity contribution in [2.24, 2.45) is 0 Å². The number of hydrogen-bond acceptors (Lipinski definition) is 6. The molecule has 24 heavy (non-hydrogen) atoms. The number of amides is 2. The van der Waals surface area contributed by atoms with Gasteiger partial charge in [0.1, 0.15) is 12.2 Å². The van der Waals surface area contributed by atoms with Gasteiger partial charge >= 0.3 is 0 Å². The van der Waals surface area contributed by atoms with Crippen LogP contribution in [0.2, 0.25) is 0 Å². The molecular formula is C16H28N2O6. The zero-order chi connectivity index (χ0) is 18.0. The van der Waals surface area contributed by atoms with Gasteiger partial charge in [0.15, 0.2) is 12.2 Å². The molecule has 2 rings (SSSR count). The SMILES string of the molecule is CC[C@@H](CCC[C@@H](C)N1C[C@@H](O)[C@@H](O)C1=O)N1C[C@@H](O)[C@@H](O)C1=O. The minimum Gasteiger partial charge on any atom is -0.388 e. The summed E-state index contributed by atoms with van der Waals surface area (Å²) in [6, 6.07) is -0.158. The van der Waals surface area contributed by atoms with Gasteiger partial charge < -0.3 is 30.2 Å². The Morgan fingerprint density at radius 3 is 1.88 bits per heavy atom. The second-order valence-electron chi connectivity index (χ2n) is 6.85. The van der Waals surface area contributed by atoms with E-state index < -0.39 is 36.2 Å². The van der Waals surface area contributed by atoms with Gasteiger partial charge in [0.2, 0.25) is 0 Å². The van der Waals surface area contributed by atoms with Gasteiger partial charge in [0, 0.05) is 12.1 Å². The van der Waals surface area contributed by atoms with Crippen LogP contribution in [0.1, 0.15) is 39.5 Å². The van der Waals surface area contributed by atoms with Crippen LogP contribution in [0.4, 0.5) is 0 Å². The molecule has 0 spiro atoms. The van der Waals surface area contributed by atoms with Crippen LogP contribution in [0.25, 0.3) is 0 Å². The topological polar surface area (TPSA) is 122 Å². The lowest BCUT2D eigenvalue weighted by atomic mass is 10.0. The predicted octanol–water partition coefficient (Wildman–Crippen LogP) is -1.55. The highest BCUT2D eigenvalue weighted by molar-refractivity contribution is 5.84. The number of likely N-dealkylation sites (tertiary alicyclic amines) is 2. The van der Waals surface area contributed by atoms with Gasteiger partial charge in [-0.3, -0.25) is 9.59 Å². The molecular weight excluding hydrogens is 316 g/mol. The highest BCUT2D eigenvalue weighted by Crippen LogP contribution is 2.23. The summed E-state index contributed by atoms with van der Waals surface area (Å²) < 4.78 is 0. The molecule has 2 heterocycles. The minimum atomic E-state index is -1.33. The van der Waals surface area contributed by atoms with Crippen molar-refractivity contribution in [1.82, 2.24) is 9.80 Å². The van der Waals surface area contributed by atoms with E-state index in [4.69, 9.17) is 0 Å². The molecule has 2 aliphatic rings. The predicted molar refractivity (Wildman–Crippen MR) is 84.8 cm³/mol. The third kappa shape index (κ3) is 3.72. The third-order valence-electron chi connectivity index (χ3n) is 5.17. The summed E-state index contributed by atoms with van der Waals surface area (Å²) in [5, 5.41) is 38.3. The summed E-state index contributed by atoms with van der Waals surface area (Å²) in [5.74, 6) is -0.869. The van der Waals surface area contributed by atoms with Crippen LogP contribution in [0.3, 0.4) is 0 Å². The number of carbonyl (C=O) groups is 2. The lowest BCUT2D eigenvalue weighted by Gasteiger charge is -2.28. The van der Waals surface area contributed by atoms with E-state index in [-0.39, 0.29) is 25.2 Å². The average Bonchev–Trinajstić information content (AvgIpc) is 2.96. The second kappa shape index (κ2) is 7.77. The van der Waals surface area contributed by atoms with E-state index in [1.807, 2.05) is 13.8 Å². The maximum atomic E-state index is 11.9. The summed E-state index contributed by atoms with van der Waals surface area (Å²) in [5.41, 5.74) is 0. The Hall–Kier alpha value is -1.22. The molecule has 0 aromatic carbocycles.